The smallest absolute Gasteiger partial charge is 0.495 e. The molecule has 42 heavy (non-hydrogen) atoms. The number of ether oxygens (including phenoxy) is 4. The first-order valence-corrected chi connectivity index (χ1v) is 15.1. The molecule has 1 heterocycles. The number of benzene rings is 3. The van der Waals surface area contributed by atoms with E-state index in [0.717, 1.165) is 0 Å². The SMILES string of the molecule is COc1ccc(CN(Cc2ccc(OC)cc2OC)S(=O)(=O)c2cccc(B3OC(C)(C)C(C)(C)O3)c2C)c(OC)c1. The monoisotopic (exact) mass is 597 g/mol. The van der Waals surface area contributed by atoms with Crippen molar-refractivity contribution < 1.29 is 36.7 Å². The molecule has 0 unspecified atom stereocenters. The number of hydrogen-bond donors (Lipinski definition) is 0. The third kappa shape index (κ3) is 6.10. The maximum absolute atomic E-state index is 14.5. The summed E-state index contributed by atoms with van der Waals surface area (Å²) >= 11 is 0. The first-order chi connectivity index (χ1) is 19.8. The Bertz CT molecular complexity index is 1470. The zero-order valence-electron chi connectivity index (χ0n) is 25.8. The van der Waals surface area contributed by atoms with E-state index in [-0.39, 0.29) is 18.0 Å². The lowest BCUT2D eigenvalue weighted by Gasteiger charge is -2.32. The Morgan fingerprint density at radius 2 is 1.21 bits per heavy atom. The summed E-state index contributed by atoms with van der Waals surface area (Å²) in [6.45, 7) is 9.72. The van der Waals surface area contributed by atoms with Crippen LogP contribution in [-0.4, -0.2) is 59.5 Å². The van der Waals surface area contributed by atoms with Crippen LogP contribution in [0, 0.1) is 6.92 Å². The van der Waals surface area contributed by atoms with E-state index in [0.29, 0.717) is 45.2 Å². The van der Waals surface area contributed by atoms with Crippen LogP contribution in [0.2, 0.25) is 0 Å². The molecule has 4 rings (SSSR count). The predicted octanol–water partition coefficient (Wildman–Crippen LogP) is 4.72. The van der Waals surface area contributed by atoms with Crippen LogP contribution in [0.4, 0.5) is 0 Å². The second-order valence-corrected chi connectivity index (χ2v) is 13.1. The van der Waals surface area contributed by atoms with Crippen molar-refractivity contribution in [2.75, 3.05) is 28.4 Å². The van der Waals surface area contributed by atoms with Crippen molar-refractivity contribution in [3.63, 3.8) is 0 Å². The minimum absolute atomic E-state index is 0.0326. The predicted molar refractivity (Wildman–Crippen MR) is 162 cm³/mol. The van der Waals surface area contributed by atoms with Crippen LogP contribution in [0.25, 0.3) is 0 Å². The van der Waals surface area contributed by atoms with Gasteiger partial charge in [-0.25, -0.2) is 8.42 Å². The summed E-state index contributed by atoms with van der Waals surface area (Å²) in [6, 6.07) is 15.8. The minimum Gasteiger partial charge on any atom is -0.497 e. The molecule has 0 aromatic heterocycles. The molecule has 0 aliphatic carbocycles. The van der Waals surface area contributed by atoms with Gasteiger partial charge in [-0.2, -0.15) is 4.31 Å². The molecule has 0 bridgehead atoms. The van der Waals surface area contributed by atoms with E-state index in [4.69, 9.17) is 28.3 Å². The minimum atomic E-state index is -4.07. The highest BCUT2D eigenvalue weighted by Gasteiger charge is 2.52. The number of rotatable bonds is 11. The Morgan fingerprint density at radius 3 is 1.64 bits per heavy atom. The van der Waals surface area contributed by atoms with Crippen LogP contribution in [-0.2, 0) is 32.4 Å². The molecular formula is C31H40BNO8S. The second kappa shape index (κ2) is 12.2. The topological polar surface area (TPSA) is 92.8 Å². The standard InChI is InChI=1S/C31H40BNO8S/c1-21-26(32-40-30(2,3)31(4,5)41-32)11-10-12-29(21)42(34,35)33(19-22-13-15-24(36-6)17-27(22)38-8)20-23-14-16-25(37-7)18-28(23)39-9/h10-18H,19-20H2,1-9H3. The molecular weight excluding hydrogens is 557 g/mol. The van der Waals surface area contributed by atoms with Gasteiger partial charge in [-0.3, -0.25) is 0 Å². The lowest BCUT2D eigenvalue weighted by molar-refractivity contribution is 0.00578. The van der Waals surface area contributed by atoms with Crippen molar-refractivity contribution in [1.82, 2.24) is 4.31 Å². The Morgan fingerprint density at radius 1 is 0.738 bits per heavy atom. The number of nitrogens with zero attached hydrogens (tertiary/aromatic N) is 1. The van der Waals surface area contributed by atoms with Crippen molar-refractivity contribution in [2.24, 2.45) is 0 Å². The van der Waals surface area contributed by atoms with Gasteiger partial charge in [0.05, 0.1) is 44.5 Å². The Labute approximate surface area is 249 Å². The lowest BCUT2D eigenvalue weighted by atomic mass is 9.76. The van der Waals surface area contributed by atoms with Gasteiger partial charge in [-0.05, 0) is 63.8 Å². The molecule has 3 aromatic rings. The number of hydrogen-bond acceptors (Lipinski definition) is 8. The first-order valence-electron chi connectivity index (χ1n) is 13.6. The van der Waals surface area contributed by atoms with E-state index in [1.165, 1.54) is 4.31 Å². The zero-order chi connectivity index (χ0) is 30.9. The normalized spacial score (nSPS) is 16.0. The van der Waals surface area contributed by atoms with Crippen molar-refractivity contribution in [1.29, 1.82) is 0 Å². The molecule has 0 saturated carbocycles. The summed E-state index contributed by atoms with van der Waals surface area (Å²) in [5.74, 6) is 2.23. The van der Waals surface area contributed by atoms with Crippen LogP contribution in [0.1, 0.15) is 44.4 Å². The van der Waals surface area contributed by atoms with Gasteiger partial charge in [0.25, 0.3) is 0 Å². The van der Waals surface area contributed by atoms with Crippen molar-refractivity contribution in [3.8, 4) is 23.0 Å². The molecule has 9 nitrogen and oxygen atoms in total. The fourth-order valence-corrected chi connectivity index (χ4v) is 6.50. The van der Waals surface area contributed by atoms with E-state index in [9.17, 15) is 8.42 Å². The zero-order valence-corrected chi connectivity index (χ0v) is 26.6. The molecule has 3 aromatic carbocycles. The van der Waals surface area contributed by atoms with Crippen LogP contribution < -0.4 is 24.4 Å². The molecule has 1 aliphatic heterocycles. The number of sulfonamides is 1. The Balaban J connectivity index is 1.80. The van der Waals surface area contributed by atoms with Gasteiger partial charge in [-0.15, -0.1) is 0 Å². The Hall–Kier alpha value is -3.25. The van der Waals surface area contributed by atoms with E-state index >= 15 is 0 Å². The molecule has 1 saturated heterocycles. The Kier molecular flexibility index (Phi) is 9.18. The van der Waals surface area contributed by atoms with Crippen LogP contribution >= 0.6 is 0 Å². The van der Waals surface area contributed by atoms with Gasteiger partial charge in [0.1, 0.15) is 23.0 Å². The summed E-state index contributed by atoms with van der Waals surface area (Å²) in [6.07, 6.45) is 0. The van der Waals surface area contributed by atoms with Gasteiger partial charge in [0.2, 0.25) is 10.0 Å². The highest BCUT2D eigenvalue weighted by molar-refractivity contribution is 7.89. The highest BCUT2D eigenvalue weighted by Crippen LogP contribution is 2.37. The molecule has 0 spiro atoms. The van der Waals surface area contributed by atoms with Gasteiger partial charge >= 0.3 is 7.12 Å². The molecule has 1 fully saturated rings. The average Bonchev–Trinajstić information content (AvgIpc) is 3.18. The molecule has 1 aliphatic rings. The highest BCUT2D eigenvalue weighted by atomic mass is 32.2. The summed E-state index contributed by atoms with van der Waals surface area (Å²) in [4.78, 5) is 0.162. The largest absolute Gasteiger partial charge is 0.497 e. The van der Waals surface area contributed by atoms with Gasteiger partial charge in [0.15, 0.2) is 0 Å². The fourth-order valence-electron chi connectivity index (χ4n) is 4.85. The van der Waals surface area contributed by atoms with Crippen molar-refractivity contribution >= 4 is 22.6 Å². The second-order valence-electron chi connectivity index (χ2n) is 11.2. The summed E-state index contributed by atoms with van der Waals surface area (Å²) in [5.41, 5.74) is 1.44. The van der Waals surface area contributed by atoms with Crippen LogP contribution in [0.3, 0.4) is 0 Å². The van der Waals surface area contributed by atoms with Crippen molar-refractivity contribution in [3.05, 3.63) is 71.3 Å². The van der Waals surface area contributed by atoms with Crippen LogP contribution in [0.15, 0.2) is 59.5 Å². The molecule has 11 heteroatoms. The third-order valence-corrected chi connectivity index (χ3v) is 10.1. The molecule has 226 valence electrons. The summed E-state index contributed by atoms with van der Waals surface area (Å²) < 4.78 is 64.9. The lowest BCUT2D eigenvalue weighted by Crippen LogP contribution is -2.41. The van der Waals surface area contributed by atoms with Crippen molar-refractivity contribution in [2.45, 2.75) is 63.8 Å². The molecule has 0 amide bonds. The average molecular weight is 598 g/mol. The molecule has 0 N–H and O–H groups in total. The third-order valence-electron chi connectivity index (χ3n) is 8.13. The van der Waals surface area contributed by atoms with Crippen LogP contribution in [0.5, 0.6) is 23.0 Å². The number of methoxy groups -OCH3 is 4. The maximum atomic E-state index is 14.5. The molecule has 0 radical (unpaired) electrons. The van der Waals surface area contributed by atoms with Gasteiger partial charge < -0.3 is 28.3 Å². The molecule has 0 atom stereocenters. The van der Waals surface area contributed by atoms with E-state index in [1.807, 2.05) is 33.8 Å². The quantitative estimate of drug-likeness (QED) is 0.294. The van der Waals surface area contributed by atoms with Gasteiger partial charge in [-0.1, -0.05) is 24.3 Å². The van der Waals surface area contributed by atoms with E-state index < -0.39 is 28.3 Å². The van der Waals surface area contributed by atoms with Gasteiger partial charge in [0, 0.05) is 36.3 Å². The summed E-state index contributed by atoms with van der Waals surface area (Å²) in [7, 11) is 1.44. The van der Waals surface area contributed by atoms with E-state index in [1.54, 1.807) is 83.9 Å². The maximum Gasteiger partial charge on any atom is 0.495 e. The fraction of sp³-hybridized carbons (Fsp3) is 0.419. The summed E-state index contributed by atoms with van der Waals surface area (Å²) in [5, 5.41) is 0. The first kappa shape index (κ1) is 31.7. The van der Waals surface area contributed by atoms with E-state index in [2.05, 4.69) is 0 Å².